The van der Waals surface area contributed by atoms with Crippen LogP contribution in [0.3, 0.4) is 0 Å². The molecule has 1 unspecified atom stereocenters. The number of nitrogens with zero attached hydrogens (tertiary/aromatic N) is 3. The van der Waals surface area contributed by atoms with Gasteiger partial charge in [-0.1, -0.05) is 0 Å². The van der Waals surface area contributed by atoms with Gasteiger partial charge < -0.3 is 15.0 Å². The molecule has 1 atom stereocenters. The fourth-order valence-corrected chi connectivity index (χ4v) is 2.38. The zero-order valence-corrected chi connectivity index (χ0v) is 12.1. The van der Waals surface area contributed by atoms with Gasteiger partial charge in [0.2, 0.25) is 5.95 Å². The van der Waals surface area contributed by atoms with Crippen molar-refractivity contribution in [3.63, 3.8) is 0 Å². The molecular weight excluding hydrogens is 256 g/mol. The van der Waals surface area contributed by atoms with Crippen molar-refractivity contribution in [1.29, 1.82) is 0 Å². The highest BCUT2D eigenvalue weighted by atomic mass is 16.5. The monoisotopic (exact) mass is 278 g/mol. The SMILES string of the molecule is CCNc1ncc(C(=O)N2CCCC2COCC)cn1. The Morgan fingerprint density at radius 3 is 2.85 bits per heavy atom. The maximum absolute atomic E-state index is 12.5. The van der Waals surface area contributed by atoms with E-state index < -0.39 is 0 Å². The quantitative estimate of drug-likeness (QED) is 0.855. The second-order valence-corrected chi connectivity index (χ2v) is 4.78. The van der Waals surface area contributed by atoms with E-state index in [0.717, 1.165) is 25.9 Å². The van der Waals surface area contributed by atoms with Crippen LogP contribution >= 0.6 is 0 Å². The van der Waals surface area contributed by atoms with Crippen LogP contribution in [0, 0.1) is 0 Å². The third-order valence-electron chi connectivity index (χ3n) is 3.39. The van der Waals surface area contributed by atoms with Gasteiger partial charge in [0.15, 0.2) is 0 Å². The molecule has 1 aliphatic rings. The number of likely N-dealkylation sites (tertiary alicyclic amines) is 1. The van der Waals surface area contributed by atoms with Gasteiger partial charge in [0.1, 0.15) is 0 Å². The Balaban J connectivity index is 2.02. The number of nitrogens with one attached hydrogen (secondary N) is 1. The number of carbonyl (C=O) groups is 1. The van der Waals surface area contributed by atoms with Crippen molar-refractivity contribution in [2.45, 2.75) is 32.7 Å². The van der Waals surface area contributed by atoms with E-state index in [4.69, 9.17) is 4.74 Å². The number of carbonyl (C=O) groups excluding carboxylic acids is 1. The molecule has 1 fully saturated rings. The van der Waals surface area contributed by atoms with Gasteiger partial charge in [-0.05, 0) is 26.7 Å². The third kappa shape index (κ3) is 3.45. The van der Waals surface area contributed by atoms with E-state index in [1.807, 2.05) is 18.7 Å². The van der Waals surface area contributed by atoms with Crippen LogP contribution in [0.1, 0.15) is 37.0 Å². The summed E-state index contributed by atoms with van der Waals surface area (Å²) in [6.07, 6.45) is 5.20. The molecule has 6 heteroatoms. The minimum absolute atomic E-state index is 0.00440. The van der Waals surface area contributed by atoms with Gasteiger partial charge in [0, 0.05) is 32.1 Å². The molecule has 0 saturated carbocycles. The minimum Gasteiger partial charge on any atom is -0.380 e. The molecule has 1 N–H and O–H groups in total. The first kappa shape index (κ1) is 14.7. The standard InChI is InChI=1S/C14H22N4O2/c1-3-15-14-16-8-11(9-17-14)13(19)18-7-5-6-12(18)10-20-4-2/h8-9,12H,3-7,10H2,1-2H3,(H,15,16,17). The third-order valence-corrected chi connectivity index (χ3v) is 3.39. The first-order valence-corrected chi connectivity index (χ1v) is 7.20. The minimum atomic E-state index is -0.00440. The molecule has 0 spiro atoms. The Bertz CT molecular complexity index is 435. The van der Waals surface area contributed by atoms with Crippen LogP contribution in [0.2, 0.25) is 0 Å². The van der Waals surface area contributed by atoms with E-state index in [9.17, 15) is 4.79 Å². The Labute approximate surface area is 119 Å². The number of aromatic nitrogens is 2. The van der Waals surface area contributed by atoms with E-state index in [-0.39, 0.29) is 11.9 Å². The summed E-state index contributed by atoms with van der Waals surface area (Å²) in [4.78, 5) is 22.6. The second kappa shape index (κ2) is 7.19. The van der Waals surface area contributed by atoms with Crippen LogP contribution < -0.4 is 5.32 Å². The molecule has 1 aromatic heterocycles. The number of amides is 1. The highest BCUT2D eigenvalue weighted by Crippen LogP contribution is 2.20. The lowest BCUT2D eigenvalue weighted by Crippen LogP contribution is -2.38. The zero-order chi connectivity index (χ0) is 14.4. The van der Waals surface area contributed by atoms with Crippen LogP contribution in [-0.2, 0) is 4.74 Å². The maximum atomic E-state index is 12.5. The number of hydrogen-bond acceptors (Lipinski definition) is 5. The summed E-state index contributed by atoms with van der Waals surface area (Å²) in [6, 6.07) is 0.177. The van der Waals surface area contributed by atoms with Gasteiger partial charge >= 0.3 is 0 Å². The molecule has 6 nitrogen and oxygen atoms in total. The molecule has 20 heavy (non-hydrogen) atoms. The average molecular weight is 278 g/mol. The van der Waals surface area contributed by atoms with Gasteiger partial charge in [-0.2, -0.15) is 0 Å². The van der Waals surface area contributed by atoms with Crippen molar-refractivity contribution in [1.82, 2.24) is 14.9 Å². The largest absolute Gasteiger partial charge is 0.380 e. The molecule has 2 rings (SSSR count). The molecule has 1 aliphatic heterocycles. The van der Waals surface area contributed by atoms with Crippen LogP contribution in [0.4, 0.5) is 5.95 Å². The Morgan fingerprint density at radius 2 is 2.20 bits per heavy atom. The lowest BCUT2D eigenvalue weighted by atomic mass is 10.2. The average Bonchev–Trinajstić information content (AvgIpc) is 2.94. The zero-order valence-electron chi connectivity index (χ0n) is 12.1. The Kier molecular flexibility index (Phi) is 5.29. The lowest BCUT2D eigenvalue weighted by Gasteiger charge is -2.24. The van der Waals surface area contributed by atoms with E-state index in [0.29, 0.717) is 24.7 Å². The molecule has 1 saturated heterocycles. The fraction of sp³-hybridized carbons (Fsp3) is 0.643. The van der Waals surface area contributed by atoms with Gasteiger partial charge in [-0.15, -0.1) is 0 Å². The van der Waals surface area contributed by atoms with Gasteiger partial charge in [-0.3, -0.25) is 4.79 Å². The van der Waals surface area contributed by atoms with E-state index in [2.05, 4.69) is 15.3 Å². The summed E-state index contributed by atoms with van der Waals surface area (Å²) in [5.41, 5.74) is 0.537. The summed E-state index contributed by atoms with van der Waals surface area (Å²) < 4.78 is 5.45. The smallest absolute Gasteiger partial charge is 0.257 e. The predicted molar refractivity (Wildman–Crippen MR) is 76.7 cm³/mol. The first-order chi connectivity index (χ1) is 9.76. The summed E-state index contributed by atoms with van der Waals surface area (Å²) in [6.45, 7) is 6.78. The van der Waals surface area contributed by atoms with Crippen molar-refractivity contribution in [2.75, 3.05) is 31.6 Å². The van der Waals surface area contributed by atoms with Gasteiger partial charge in [0.05, 0.1) is 18.2 Å². The maximum Gasteiger partial charge on any atom is 0.257 e. The number of hydrogen-bond donors (Lipinski definition) is 1. The molecule has 0 bridgehead atoms. The molecule has 0 aliphatic carbocycles. The Hall–Kier alpha value is -1.69. The van der Waals surface area contributed by atoms with E-state index >= 15 is 0 Å². The highest BCUT2D eigenvalue weighted by Gasteiger charge is 2.29. The highest BCUT2D eigenvalue weighted by molar-refractivity contribution is 5.94. The molecule has 1 amide bonds. The molecule has 2 heterocycles. The summed E-state index contributed by atoms with van der Waals surface area (Å²) >= 11 is 0. The summed E-state index contributed by atoms with van der Waals surface area (Å²) in [5.74, 6) is 0.548. The molecular formula is C14H22N4O2. The molecule has 1 aromatic rings. The molecule has 0 radical (unpaired) electrons. The topological polar surface area (TPSA) is 67.4 Å². The van der Waals surface area contributed by atoms with Crippen LogP contribution in [0.5, 0.6) is 0 Å². The molecule has 0 aromatic carbocycles. The van der Waals surface area contributed by atoms with Crippen molar-refractivity contribution < 1.29 is 9.53 Å². The van der Waals surface area contributed by atoms with Crippen molar-refractivity contribution in [3.8, 4) is 0 Å². The molecule has 110 valence electrons. The van der Waals surface area contributed by atoms with E-state index in [1.165, 1.54) is 0 Å². The Morgan fingerprint density at radius 1 is 1.45 bits per heavy atom. The number of rotatable bonds is 6. The fourth-order valence-electron chi connectivity index (χ4n) is 2.38. The summed E-state index contributed by atoms with van der Waals surface area (Å²) in [5, 5.41) is 3.01. The second-order valence-electron chi connectivity index (χ2n) is 4.78. The van der Waals surface area contributed by atoms with Crippen LogP contribution in [0.25, 0.3) is 0 Å². The van der Waals surface area contributed by atoms with Gasteiger partial charge in [-0.25, -0.2) is 9.97 Å². The van der Waals surface area contributed by atoms with E-state index in [1.54, 1.807) is 12.4 Å². The normalized spacial score (nSPS) is 18.3. The van der Waals surface area contributed by atoms with Gasteiger partial charge in [0.25, 0.3) is 5.91 Å². The number of ether oxygens (including phenoxy) is 1. The van der Waals surface area contributed by atoms with Crippen molar-refractivity contribution >= 4 is 11.9 Å². The lowest BCUT2D eigenvalue weighted by molar-refractivity contribution is 0.0564. The van der Waals surface area contributed by atoms with Crippen LogP contribution in [-0.4, -0.2) is 53.1 Å². The number of anilines is 1. The van der Waals surface area contributed by atoms with Crippen molar-refractivity contribution in [2.24, 2.45) is 0 Å². The first-order valence-electron chi connectivity index (χ1n) is 7.20. The van der Waals surface area contributed by atoms with Crippen molar-refractivity contribution in [3.05, 3.63) is 18.0 Å². The summed E-state index contributed by atoms with van der Waals surface area (Å²) in [7, 11) is 0. The predicted octanol–water partition coefficient (Wildman–Crippen LogP) is 1.55. The van der Waals surface area contributed by atoms with Crippen LogP contribution in [0.15, 0.2) is 12.4 Å².